The predicted molar refractivity (Wildman–Crippen MR) is 34.1 cm³/mol. The summed E-state index contributed by atoms with van der Waals surface area (Å²) in [6.45, 7) is 2.70. The van der Waals surface area contributed by atoms with E-state index in [1.54, 1.807) is 0 Å². The summed E-state index contributed by atoms with van der Waals surface area (Å²) in [6, 6.07) is 0. The van der Waals surface area contributed by atoms with Gasteiger partial charge in [0.1, 0.15) is 0 Å². The maximum absolute atomic E-state index is 5.21. The summed E-state index contributed by atoms with van der Waals surface area (Å²) in [7, 11) is 0. The Labute approximate surface area is 54.6 Å². The smallest absolute Gasteiger partial charge is 0.166 e. The van der Waals surface area contributed by atoms with Crippen molar-refractivity contribution in [1.29, 1.82) is 0 Å². The van der Waals surface area contributed by atoms with Crippen LogP contribution in [0.3, 0.4) is 0 Å². The van der Waals surface area contributed by atoms with Crippen LogP contribution in [0.5, 0.6) is 0 Å². The third kappa shape index (κ3) is 1.37. The monoisotopic (exact) mass is 134 g/mol. The predicted octanol–water partition coefficient (Wildman–Crippen LogP) is 0.678. The van der Waals surface area contributed by atoms with Crippen LogP contribution in [0, 0.1) is 0 Å². The first-order valence-electron chi connectivity index (χ1n) is 2.71. The minimum absolute atomic E-state index is 0.0617. The molecule has 8 heavy (non-hydrogen) atoms. The molecule has 1 saturated heterocycles. The van der Waals surface area contributed by atoms with Crippen LogP contribution in [-0.4, -0.2) is 24.8 Å². The molecule has 1 heterocycles. The van der Waals surface area contributed by atoms with E-state index in [0.717, 1.165) is 0 Å². The summed E-state index contributed by atoms with van der Waals surface area (Å²) in [4.78, 5) is 0. The fraction of sp³-hybridized carbons (Fsp3) is 1.00. The van der Waals surface area contributed by atoms with Gasteiger partial charge >= 0.3 is 0 Å². The molecule has 0 N–H and O–H groups in total. The highest BCUT2D eigenvalue weighted by Gasteiger charge is 2.19. The van der Waals surface area contributed by atoms with Crippen LogP contribution in [0.15, 0.2) is 0 Å². The first-order chi connectivity index (χ1) is 3.83. The highest BCUT2D eigenvalue weighted by molar-refractivity contribution is 7.80. The van der Waals surface area contributed by atoms with Crippen molar-refractivity contribution in [2.24, 2.45) is 0 Å². The Hall–Kier alpha value is 0.270. The lowest BCUT2D eigenvalue weighted by molar-refractivity contribution is -0.0348. The molecule has 0 aliphatic carbocycles. The van der Waals surface area contributed by atoms with Crippen LogP contribution < -0.4 is 0 Å². The molecule has 1 aliphatic rings. The van der Waals surface area contributed by atoms with Crippen molar-refractivity contribution in [2.45, 2.75) is 19.3 Å². The normalized spacial score (nSPS) is 38.2. The second kappa shape index (κ2) is 2.71. The molecule has 1 rings (SSSR count). The van der Waals surface area contributed by atoms with Crippen molar-refractivity contribution >= 4 is 12.6 Å². The zero-order valence-corrected chi connectivity index (χ0v) is 5.73. The maximum Gasteiger partial charge on any atom is 0.166 e. The largest absolute Gasteiger partial charge is 0.349 e. The topological polar surface area (TPSA) is 18.5 Å². The van der Waals surface area contributed by atoms with Crippen LogP contribution in [0.1, 0.15) is 6.92 Å². The molecule has 0 unspecified atom stereocenters. The van der Waals surface area contributed by atoms with Gasteiger partial charge in [0.05, 0.1) is 12.7 Å². The minimum Gasteiger partial charge on any atom is -0.349 e. The highest BCUT2D eigenvalue weighted by atomic mass is 32.1. The van der Waals surface area contributed by atoms with Crippen molar-refractivity contribution < 1.29 is 9.47 Å². The molecule has 1 aliphatic heterocycles. The molecule has 2 atom stereocenters. The van der Waals surface area contributed by atoms with Gasteiger partial charge in [-0.1, -0.05) is 0 Å². The molecule has 0 amide bonds. The molecule has 1 fully saturated rings. The van der Waals surface area contributed by atoms with Gasteiger partial charge in [0.2, 0.25) is 0 Å². The summed E-state index contributed by atoms with van der Waals surface area (Å²) in [5.74, 6) is 0.657. The molecule has 0 bridgehead atoms. The molecule has 0 aromatic heterocycles. The van der Waals surface area contributed by atoms with E-state index in [1.807, 2.05) is 6.92 Å². The molecule has 3 heteroatoms. The minimum atomic E-state index is -0.0617. The van der Waals surface area contributed by atoms with Gasteiger partial charge < -0.3 is 9.47 Å². The van der Waals surface area contributed by atoms with E-state index in [-0.39, 0.29) is 12.4 Å². The third-order valence-corrected chi connectivity index (χ3v) is 1.35. The van der Waals surface area contributed by atoms with Gasteiger partial charge in [-0.25, -0.2) is 0 Å². The van der Waals surface area contributed by atoms with E-state index < -0.39 is 0 Å². The van der Waals surface area contributed by atoms with Gasteiger partial charge in [0.25, 0.3) is 0 Å². The van der Waals surface area contributed by atoms with E-state index in [9.17, 15) is 0 Å². The van der Waals surface area contributed by atoms with E-state index in [4.69, 9.17) is 9.47 Å². The van der Waals surface area contributed by atoms with Crippen molar-refractivity contribution in [3.05, 3.63) is 0 Å². The first kappa shape index (κ1) is 6.39. The van der Waals surface area contributed by atoms with Gasteiger partial charge in [0.15, 0.2) is 6.29 Å². The zero-order valence-electron chi connectivity index (χ0n) is 4.83. The number of rotatable bonds is 1. The molecule has 0 aromatic carbocycles. The number of ether oxygens (including phenoxy) is 2. The van der Waals surface area contributed by atoms with Gasteiger partial charge in [-0.2, -0.15) is 12.6 Å². The maximum atomic E-state index is 5.21. The van der Waals surface area contributed by atoms with Crippen LogP contribution in [0.2, 0.25) is 0 Å². The lowest BCUT2D eigenvalue weighted by atomic mass is 10.5. The van der Waals surface area contributed by atoms with E-state index in [0.29, 0.717) is 12.4 Å². The van der Waals surface area contributed by atoms with Gasteiger partial charge in [-0.15, -0.1) is 0 Å². The lowest BCUT2D eigenvalue weighted by Crippen LogP contribution is -2.10. The molecule has 0 aromatic rings. The highest BCUT2D eigenvalue weighted by Crippen LogP contribution is 2.10. The molecular weight excluding hydrogens is 124 g/mol. The summed E-state index contributed by atoms with van der Waals surface area (Å²) in [5, 5.41) is 0. The SMILES string of the molecule is C[C@H]1CO[C@@H](CS)O1. The Balaban J connectivity index is 2.22. The molecule has 0 radical (unpaired) electrons. The average Bonchev–Trinajstić information content (AvgIpc) is 2.14. The van der Waals surface area contributed by atoms with Crippen LogP contribution in [-0.2, 0) is 9.47 Å². The Bertz CT molecular complexity index is 76.8. The Morgan fingerprint density at radius 2 is 2.50 bits per heavy atom. The molecule has 0 spiro atoms. The van der Waals surface area contributed by atoms with E-state index in [2.05, 4.69) is 12.6 Å². The number of hydrogen-bond donors (Lipinski definition) is 1. The van der Waals surface area contributed by atoms with E-state index in [1.165, 1.54) is 0 Å². The van der Waals surface area contributed by atoms with Crippen molar-refractivity contribution in [2.75, 3.05) is 12.4 Å². The Kier molecular flexibility index (Phi) is 2.16. The second-order valence-electron chi connectivity index (χ2n) is 1.89. The molecule has 48 valence electrons. The number of hydrogen-bond acceptors (Lipinski definition) is 3. The molecule has 2 nitrogen and oxygen atoms in total. The molecular formula is C5H10O2S. The third-order valence-electron chi connectivity index (χ3n) is 1.05. The summed E-state index contributed by atoms with van der Waals surface area (Å²) >= 11 is 4.01. The fourth-order valence-electron chi connectivity index (χ4n) is 0.676. The van der Waals surface area contributed by atoms with Gasteiger partial charge in [0, 0.05) is 5.75 Å². The van der Waals surface area contributed by atoms with Crippen molar-refractivity contribution in [1.82, 2.24) is 0 Å². The van der Waals surface area contributed by atoms with Crippen molar-refractivity contribution in [3.63, 3.8) is 0 Å². The summed E-state index contributed by atoms with van der Waals surface area (Å²) < 4.78 is 10.3. The Morgan fingerprint density at radius 3 is 2.75 bits per heavy atom. The van der Waals surface area contributed by atoms with Gasteiger partial charge in [-0.3, -0.25) is 0 Å². The van der Waals surface area contributed by atoms with Crippen LogP contribution in [0.25, 0.3) is 0 Å². The quantitative estimate of drug-likeness (QED) is 0.531. The van der Waals surface area contributed by atoms with Crippen LogP contribution >= 0.6 is 12.6 Å². The lowest BCUT2D eigenvalue weighted by Gasteiger charge is -2.03. The first-order valence-corrected chi connectivity index (χ1v) is 3.34. The fourth-order valence-corrected chi connectivity index (χ4v) is 0.868. The summed E-state index contributed by atoms with van der Waals surface area (Å²) in [6.07, 6.45) is 0.195. The van der Waals surface area contributed by atoms with Gasteiger partial charge in [-0.05, 0) is 6.92 Å². The molecule has 0 saturated carbocycles. The second-order valence-corrected chi connectivity index (χ2v) is 2.26. The van der Waals surface area contributed by atoms with Crippen LogP contribution in [0.4, 0.5) is 0 Å². The number of thiol groups is 1. The van der Waals surface area contributed by atoms with Crippen molar-refractivity contribution in [3.8, 4) is 0 Å². The Morgan fingerprint density at radius 1 is 1.75 bits per heavy atom. The zero-order chi connectivity index (χ0) is 5.98. The standard InChI is InChI=1S/C5H10O2S/c1-4-2-6-5(3-8)7-4/h4-5,8H,2-3H2,1H3/t4-,5+/m0/s1. The van der Waals surface area contributed by atoms with E-state index >= 15 is 0 Å². The average molecular weight is 134 g/mol. The summed E-state index contributed by atoms with van der Waals surface area (Å²) in [5.41, 5.74) is 0.